The van der Waals surface area contributed by atoms with Gasteiger partial charge in [0.2, 0.25) is 5.89 Å². The first-order valence-electron chi connectivity index (χ1n) is 6.09. The second-order valence-electron chi connectivity index (χ2n) is 4.20. The Bertz CT molecular complexity index is 452. The van der Waals surface area contributed by atoms with E-state index in [-0.39, 0.29) is 6.04 Å². The van der Waals surface area contributed by atoms with Crippen LogP contribution in [0.2, 0.25) is 0 Å². The van der Waals surface area contributed by atoms with Gasteiger partial charge in [0.05, 0.1) is 6.26 Å². The molecule has 2 aromatic heterocycles. The molecule has 2 heterocycles. The van der Waals surface area contributed by atoms with Crippen molar-refractivity contribution in [2.75, 3.05) is 11.9 Å². The van der Waals surface area contributed by atoms with Gasteiger partial charge in [0.15, 0.2) is 0 Å². The first-order chi connectivity index (χ1) is 8.78. The zero-order valence-corrected chi connectivity index (χ0v) is 10.4. The molecule has 3 N–H and O–H groups in total. The van der Waals surface area contributed by atoms with Crippen LogP contribution in [0.25, 0.3) is 0 Å². The van der Waals surface area contributed by atoms with Crippen LogP contribution in [-0.4, -0.2) is 22.8 Å². The van der Waals surface area contributed by atoms with E-state index in [1.54, 1.807) is 6.26 Å². The normalized spacial score (nSPS) is 12.6. The summed E-state index contributed by atoms with van der Waals surface area (Å²) in [4.78, 5) is 0. The van der Waals surface area contributed by atoms with E-state index < -0.39 is 0 Å². The van der Waals surface area contributed by atoms with Crippen molar-refractivity contribution < 1.29 is 8.83 Å². The van der Waals surface area contributed by atoms with Gasteiger partial charge in [-0.2, -0.15) is 0 Å². The van der Waals surface area contributed by atoms with Crippen molar-refractivity contribution >= 4 is 6.01 Å². The number of nitrogens with two attached hydrogens (primary N) is 1. The van der Waals surface area contributed by atoms with Gasteiger partial charge >= 0.3 is 6.01 Å². The van der Waals surface area contributed by atoms with Crippen molar-refractivity contribution in [2.24, 2.45) is 5.73 Å². The number of anilines is 1. The average Bonchev–Trinajstić information content (AvgIpc) is 2.99. The van der Waals surface area contributed by atoms with Crippen molar-refractivity contribution in [2.45, 2.75) is 32.2 Å². The van der Waals surface area contributed by atoms with Crippen LogP contribution in [0.1, 0.15) is 25.0 Å². The summed E-state index contributed by atoms with van der Waals surface area (Å²) in [5.74, 6) is 1.55. The lowest BCUT2D eigenvalue weighted by atomic mass is 10.1. The molecule has 1 unspecified atom stereocenters. The minimum atomic E-state index is 0.237. The summed E-state index contributed by atoms with van der Waals surface area (Å²) in [6.45, 7) is 2.57. The zero-order valence-electron chi connectivity index (χ0n) is 10.4. The van der Waals surface area contributed by atoms with Gasteiger partial charge in [-0.25, -0.2) is 0 Å². The Balaban J connectivity index is 1.77. The van der Waals surface area contributed by atoms with E-state index in [0.717, 1.165) is 18.6 Å². The Morgan fingerprint density at radius 2 is 2.28 bits per heavy atom. The molecule has 0 aromatic carbocycles. The molecular weight excluding hydrogens is 232 g/mol. The molecular formula is C12H18N4O2. The average molecular weight is 250 g/mol. The monoisotopic (exact) mass is 250 g/mol. The summed E-state index contributed by atoms with van der Waals surface area (Å²) in [6.07, 6.45) is 4.10. The van der Waals surface area contributed by atoms with Gasteiger partial charge in [-0.1, -0.05) is 5.10 Å². The van der Waals surface area contributed by atoms with Crippen molar-refractivity contribution in [3.8, 4) is 0 Å². The SMILES string of the molecule is CC(CCc1ccco1)Nc1nnc(CCN)o1. The van der Waals surface area contributed by atoms with Crippen LogP contribution in [0.4, 0.5) is 6.01 Å². The highest BCUT2D eigenvalue weighted by molar-refractivity contribution is 5.19. The van der Waals surface area contributed by atoms with E-state index in [2.05, 4.69) is 22.4 Å². The first-order valence-corrected chi connectivity index (χ1v) is 6.09. The summed E-state index contributed by atoms with van der Waals surface area (Å²) in [5.41, 5.74) is 5.41. The molecule has 0 spiro atoms. The summed E-state index contributed by atoms with van der Waals surface area (Å²) >= 11 is 0. The minimum absolute atomic E-state index is 0.237. The number of rotatable bonds is 7. The molecule has 0 bridgehead atoms. The maximum atomic E-state index is 5.41. The van der Waals surface area contributed by atoms with Crippen molar-refractivity contribution in [3.63, 3.8) is 0 Å². The standard InChI is InChI=1S/C12H18N4O2/c1-9(4-5-10-3-2-8-17-10)14-12-16-15-11(18-12)6-7-13/h2-3,8-9H,4-7,13H2,1H3,(H,14,16). The highest BCUT2D eigenvalue weighted by Crippen LogP contribution is 2.11. The third-order valence-electron chi connectivity index (χ3n) is 2.60. The molecule has 1 atom stereocenters. The molecule has 0 fully saturated rings. The molecule has 0 aliphatic rings. The molecule has 0 aliphatic heterocycles. The van der Waals surface area contributed by atoms with E-state index >= 15 is 0 Å². The number of aromatic nitrogens is 2. The maximum absolute atomic E-state index is 5.41. The van der Waals surface area contributed by atoms with Gasteiger partial charge in [0, 0.05) is 25.4 Å². The number of aryl methyl sites for hydroxylation is 1. The second kappa shape index (κ2) is 6.20. The number of furan rings is 1. The van der Waals surface area contributed by atoms with E-state index in [9.17, 15) is 0 Å². The fourth-order valence-electron chi connectivity index (χ4n) is 1.63. The van der Waals surface area contributed by atoms with Crippen LogP contribution in [0.15, 0.2) is 27.2 Å². The predicted octanol–water partition coefficient (Wildman–Crippen LogP) is 1.60. The molecule has 0 saturated heterocycles. The lowest BCUT2D eigenvalue weighted by Gasteiger charge is -2.10. The molecule has 0 saturated carbocycles. The number of nitrogens with zero attached hydrogens (tertiary/aromatic N) is 2. The first kappa shape index (κ1) is 12.6. The molecule has 18 heavy (non-hydrogen) atoms. The molecule has 0 radical (unpaired) electrons. The quantitative estimate of drug-likeness (QED) is 0.775. The zero-order chi connectivity index (χ0) is 12.8. The summed E-state index contributed by atoms with van der Waals surface area (Å²) in [7, 11) is 0. The van der Waals surface area contributed by atoms with Crippen LogP contribution in [-0.2, 0) is 12.8 Å². The van der Waals surface area contributed by atoms with E-state index in [4.69, 9.17) is 14.6 Å². The smallest absolute Gasteiger partial charge is 0.315 e. The third kappa shape index (κ3) is 3.59. The highest BCUT2D eigenvalue weighted by atomic mass is 16.4. The Kier molecular flexibility index (Phi) is 4.35. The molecule has 2 rings (SSSR count). The van der Waals surface area contributed by atoms with Gasteiger partial charge in [-0.3, -0.25) is 0 Å². The Labute approximate surface area is 106 Å². The molecule has 0 aliphatic carbocycles. The fraction of sp³-hybridized carbons (Fsp3) is 0.500. The van der Waals surface area contributed by atoms with Gasteiger partial charge < -0.3 is 19.9 Å². The number of nitrogens with one attached hydrogen (secondary N) is 1. The summed E-state index contributed by atoms with van der Waals surface area (Å²) < 4.78 is 10.7. The van der Waals surface area contributed by atoms with Crippen LogP contribution in [0, 0.1) is 0 Å². The Morgan fingerprint density at radius 3 is 3.00 bits per heavy atom. The Hall–Kier alpha value is -1.82. The van der Waals surface area contributed by atoms with Gasteiger partial charge in [0.25, 0.3) is 0 Å². The van der Waals surface area contributed by atoms with Crippen LogP contribution in [0.5, 0.6) is 0 Å². The minimum Gasteiger partial charge on any atom is -0.469 e. The topological polar surface area (TPSA) is 90.1 Å². The van der Waals surface area contributed by atoms with Crippen LogP contribution in [0.3, 0.4) is 0 Å². The summed E-state index contributed by atoms with van der Waals surface area (Å²) in [6, 6.07) is 4.55. The van der Waals surface area contributed by atoms with Crippen LogP contribution < -0.4 is 11.1 Å². The van der Waals surface area contributed by atoms with Gasteiger partial charge in [0.1, 0.15) is 5.76 Å². The maximum Gasteiger partial charge on any atom is 0.315 e. The Morgan fingerprint density at radius 1 is 1.39 bits per heavy atom. The van der Waals surface area contributed by atoms with Crippen molar-refractivity contribution in [1.82, 2.24) is 10.2 Å². The van der Waals surface area contributed by atoms with E-state index in [1.165, 1.54) is 0 Å². The predicted molar refractivity (Wildman–Crippen MR) is 67.2 cm³/mol. The highest BCUT2D eigenvalue weighted by Gasteiger charge is 2.09. The lowest BCUT2D eigenvalue weighted by molar-refractivity contribution is 0.482. The molecule has 2 aromatic rings. The van der Waals surface area contributed by atoms with Crippen LogP contribution >= 0.6 is 0 Å². The molecule has 98 valence electrons. The van der Waals surface area contributed by atoms with Crippen molar-refractivity contribution in [1.29, 1.82) is 0 Å². The summed E-state index contributed by atoms with van der Waals surface area (Å²) in [5, 5.41) is 11.0. The lowest BCUT2D eigenvalue weighted by Crippen LogP contribution is -2.16. The van der Waals surface area contributed by atoms with Gasteiger partial charge in [-0.15, -0.1) is 5.10 Å². The molecule has 0 amide bonds. The third-order valence-corrected chi connectivity index (χ3v) is 2.60. The van der Waals surface area contributed by atoms with E-state index in [0.29, 0.717) is 24.9 Å². The van der Waals surface area contributed by atoms with Gasteiger partial charge in [-0.05, 0) is 25.5 Å². The second-order valence-corrected chi connectivity index (χ2v) is 4.20. The molecule has 6 heteroatoms. The fourth-order valence-corrected chi connectivity index (χ4v) is 1.63. The van der Waals surface area contributed by atoms with E-state index in [1.807, 2.05) is 12.1 Å². The molecule has 6 nitrogen and oxygen atoms in total. The number of hydrogen-bond acceptors (Lipinski definition) is 6. The largest absolute Gasteiger partial charge is 0.469 e. The number of hydrogen-bond donors (Lipinski definition) is 2. The van der Waals surface area contributed by atoms with Crippen molar-refractivity contribution in [3.05, 3.63) is 30.0 Å².